The predicted octanol–water partition coefficient (Wildman–Crippen LogP) is 4.14. The molecule has 3 heterocycles. The summed E-state index contributed by atoms with van der Waals surface area (Å²) < 4.78 is 28.2. The highest BCUT2D eigenvalue weighted by Gasteiger charge is 2.13. The molecular formula is C19H17F2N7OS. The number of aromatic nitrogens is 4. The van der Waals surface area contributed by atoms with Crippen LogP contribution in [0, 0.1) is 25.5 Å². The van der Waals surface area contributed by atoms with Crippen molar-refractivity contribution in [2.75, 3.05) is 10.7 Å². The number of hydrogen-bond donors (Lipinski definition) is 3. The first-order valence-electron chi connectivity index (χ1n) is 8.86. The van der Waals surface area contributed by atoms with Crippen molar-refractivity contribution in [3.05, 3.63) is 52.5 Å². The summed E-state index contributed by atoms with van der Waals surface area (Å²) in [5, 5.41) is 9.95. The second kappa shape index (κ2) is 7.67. The van der Waals surface area contributed by atoms with E-state index in [0.29, 0.717) is 22.0 Å². The van der Waals surface area contributed by atoms with E-state index in [1.165, 1.54) is 17.4 Å². The topological polar surface area (TPSA) is 96.8 Å². The molecule has 2 amide bonds. The molecule has 0 atom stereocenters. The standard InChI is InChI=1S/C19H17F2N7OS/c1-9-6-14(22-17-16(9)10(2)27-28(17)3)25-26-19(29)24-15-8-30-18(23-15)11-4-5-12(20)13(21)7-11/h4-8H,1-3H3,(H,22,25)(H2,24,26,29). The maximum atomic E-state index is 13.4. The Kier molecular flexibility index (Phi) is 5.04. The number of thiazole rings is 1. The largest absolute Gasteiger partial charge is 0.339 e. The Balaban J connectivity index is 1.42. The summed E-state index contributed by atoms with van der Waals surface area (Å²) in [7, 11) is 1.80. The fraction of sp³-hybridized carbons (Fsp3) is 0.158. The average molecular weight is 429 g/mol. The van der Waals surface area contributed by atoms with Gasteiger partial charge < -0.3 is 0 Å². The van der Waals surface area contributed by atoms with Crippen LogP contribution in [0.25, 0.3) is 21.6 Å². The van der Waals surface area contributed by atoms with Crippen molar-refractivity contribution in [2.45, 2.75) is 13.8 Å². The first-order valence-corrected chi connectivity index (χ1v) is 9.74. The van der Waals surface area contributed by atoms with Crippen molar-refractivity contribution in [1.82, 2.24) is 25.2 Å². The van der Waals surface area contributed by atoms with Gasteiger partial charge in [0.2, 0.25) is 0 Å². The minimum absolute atomic E-state index is 0.279. The quantitative estimate of drug-likeness (QED) is 0.424. The number of hydrazine groups is 1. The number of carbonyl (C=O) groups is 1. The number of amides is 2. The van der Waals surface area contributed by atoms with Crippen molar-refractivity contribution in [2.24, 2.45) is 7.05 Å². The van der Waals surface area contributed by atoms with Crippen LogP contribution < -0.4 is 16.2 Å². The van der Waals surface area contributed by atoms with Gasteiger partial charge in [-0.15, -0.1) is 11.3 Å². The first kappa shape index (κ1) is 19.7. The average Bonchev–Trinajstić information content (AvgIpc) is 3.27. The molecule has 0 aliphatic carbocycles. The summed E-state index contributed by atoms with van der Waals surface area (Å²) in [5.74, 6) is -1.15. The van der Waals surface area contributed by atoms with Crippen LogP contribution in [-0.2, 0) is 7.05 Å². The summed E-state index contributed by atoms with van der Waals surface area (Å²) in [4.78, 5) is 20.9. The molecule has 0 spiro atoms. The van der Waals surface area contributed by atoms with Crippen LogP contribution in [0.4, 0.5) is 25.2 Å². The van der Waals surface area contributed by atoms with E-state index in [0.717, 1.165) is 28.8 Å². The van der Waals surface area contributed by atoms with Gasteiger partial charge in [0.25, 0.3) is 0 Å². The van der Waals surface area contributed by atoms with E-state index in [1.807, 2.05) is 13.8 Å². The summed E-state index contributed by atoms with van der Waals surface area (Å²) in [6.07, 6.45) is 0. The summed E-state index contributed by atoms with van der Waals surface area (Å²) in [5.41, 5.74) is 8.24. The zero-order valence-electron chi connectivity index (χ0n) is 16.2. The monoisotopic (exact) mass is 429 g/mol. The van der Waals surface area contributed by atoms with E-state index in [-0.39, 0.29) is 5.82 Å². The lowest BCUT2D eigenvalue weighted by atomic mass is 10.1. The Morgan fingerprint density at radius 1 is 1.10 bits per heavy atom. The highest BCUT2D eigenvalue weighted by atomic mass is 32.1. The van der Waals surface area contributed by atoms with Gasteiger partial charge in [-0.2, -0.15) is 5.10 Å². The second-order valence-corrected chi connectivity index (χ2v) is 7.46. The van der Waals surface area contributed by atoms with E-state index >= 15 is 0 Å². The number of benzene rings is 1. The maximum absolute atomic E-state index is 13.4. The first-order chi connectivity index (χ1) is 14.3. The molecule has 0 aliphatic heterocycles. The van der Waals surface area contributed by atoms with Crippen LogP contribution in [0.3, 0.4) is 0 Å². The van der Waals surface area contributed by atoms with Crippen LogP contribution in [0.1, 0.15) is 11.3 Å². The SMILES string of the molecule is Cc1cc(NNC(=O)Nc2csc(-c3ccc(F)c(F)c3)n2)nc2c1c(C)nn2C. The maximum Gasteiger partial charge on any atom is 0.339 e. The fourth-order valence-corrected chi connectivity index (χ4v) is 3.83. The summed E-state index contributed by atoms with van der Waals surface area (Å²) in [6, 6.07) is 4.77. The molecular weight excluding hydrogens is 412 g/mol. The van der Waals surface area contributed by atoms with Gasteiger partial charge in [-0.3, -0.25) is 15.4 Å². The molecule has 8 nitrogen and oxygen atoms in total. The van der Waals surface area contributed by atoms with Gasteiger partial charge in [-0.1, -0.05) is 0 Å². The Morgan fingerprint density at radius 2 is 1.90 bits per heavy atom. The number of nitrogens with one attached hydrogen (secondary N) is 3. The minimum atomic E-state index is -0.956. The Hall–Kier alpha value is -3.60. The molecule has 0 bridgehead atoms. The molecule has 3 aromatic heterocycles. The highest BCUT2D eigenvalue weighted by Crippen LogP contribution is 2.27. The molecule has 0 radical (unpaired) electrons. The lowest BCUT2D eigenvalue weighted by molar-refractivity contribution is 0.253. The van der Waals surface area contributed by atoms with Crippen LogP contribution in [0.2, 0.25) is 0 Å². The Morgan fingerprint density at radius 3 is 2.67 bits per heavy atom. The number of fused-ring (bicyclic) bond motifs is 1. The molecule has 4 aromatic rings. The lowest BCUT2D eigenvalue weighted by Gasteiger charge is -2.09. The number of anilines is 2. The van der Waals surface area contributed by atoms with Gasteiger partial charge in [0.05, 0.1) is 5.69 Å². The molecule has 1 aromatic carbocycles. The number of nitrogens with zero attached hydrogens (tertiary/aromatic N) is 4. The second-order valence-electron chi connectivity index (χ2n) is 6.60. The van der Waals surface area contributed by atoms with E-state index in [1.54, 1.807) is 23.2 Å². The van der Waals surface area contributed by atoms with Crippen LogP contribution in [-0.4, -0.2) is 25.8 Å². The van der Waals surface area contributed by atoms with Crippen molar-refractivity contribution in [3.63, 3.8) is 0 Å². The minimum Gasteiger partial charge on any atom is -0.290 e. The number of aryl methyl sites for hydroxylation is 3. The van der Waals surface area contributed by atoms with E-state index in [9.17, 15) is 13.6 Å². The van der Waals surface area contributed by atoms with Crippen molar-refractivity contribution in [3.8, 4) is 10.6 Å². The zero-order valence-corrected chi connectivity index (χ0v) is 17.1. The third kappa shape index (κ3) is 3.79. The molecule has 30 heavy (non-hydrogen) atoms. The van der Waals surface area contributed by atoms with Crippen molar-refractivity contribution in [1.29, 1.82) is 0 Å². The van der Waals surface area contributed by atoms with Crippen LogP contribution >= 0.6 is 11.3 Å². The number of pyridine rings is 1. The van der Waals surface area contributed by atoms with Gasteiger partial charge in [0.15, 0.2) is 17.3 Å². The molecule has 0 aliphatic rings. The van der Waals surface area contributed by atoms with Crippen LogP contribution in [0.5, 0.6) is 0 Å². The van der Waals surface area contributed by atoms with Gasteiger partial charge in [-0.05, 0) is 43.7 Å². The third-order valence-corrected chi connectivity index (χ3v) is 5.27. The molecule has 3 N–H and O–H groups in total. The molecule has 0 unspecified atom stereocenters. The van der Waals surface area contributed by atoms with Crippen molar-refractivity contribution >= 4 is 40.0 Å². The number of halogens is 2. The molecule has 11 heteroatoms. The molecule has 0 saturated heterocycles. The van der Waals surface area contributed by atoms with Gasteiger partial charge in [0.1, 0.15) is 16.6 Å². The number of hydrogen-bond acceptors (Lipinski definition) is 6. The number of rotatable bonds is 4. The summed E-state index contributed by atoms with van der Waals surface area (Å²) >= 11 is 1.20. The van der Waals surface area contributed by atoms with Gasteiger partial charge in [-0.25, -0.2) is 29.0 Å². The number of urea groups is 1. The lowest BCUT2D eigenvalue weighted by Crippen LogP contribution is -2.34. The van der Waals surface area contributed by atoms with Gasteiger partial charge >= 0.3 is 6.03 Å². The van der Waals surface area contributed by atoms with E-state index < -0.39 is 17.7 Å². The van der Waals surface area contributed by atoms with Crippen LogP contribution in [0.15, 0.2) is 29.6 Å². The Labute approximate surface area is 173 Å². The number of carbonyl (C=O) groups excluding carboxylic acids is 1. The normalized spacial score (nSPS) is 11.0. The molecule has 4 rings (SSSR count). The van der Waals surface area contributed by atoms with Gasteiger partial charge in [0, 0.05) is 23.4 Å². The van der Waals surface area contributed by atoms with Crippen molar-refractivity contribution < 1.29 is 13.6 Å². The Bertz CT molecular complexity index is 1270. The predicted molar refractivity (Wildman–Crippen MR) is 111 cm³/mol. The van der Waals surface area contributed by atoms with E-state index in [4.69, 9.17) is 0 Å². The van der Waals surface area contributed by atoms with E-state index in [2.05, 4.69) is 31.2 Å². The molecule has 0 saturated carbocycles. The third-order valence-electron chi connectivity index (χ3n) is 4.38. The highest BCUT2D eigenvalue weighted by molar-refractivity contribution is 7.13. The molecule has 0 fully saturated rings. The zero-order chi connectivity index (χ0) is 21.4. The summed E-state index contributed by atoms with van der Waals surface area (Å²) in [6.45, 7) is 3.86. The fourth-order valence-electron chi connectivity index (χ4n) is 3.08. The molecule has 154 valence electrons. The smallest absolute Gasteiger partial charge is 0.290 e.